The highest BCUT2D eigenvalue weighted by atomic mass is 16.5. The van der Waals surface area contributed by atoms with Crippen LogP contribution in [-0.4, -0.2) is 47.4 Å². The van der Waals surface area contributed by atoms with E-state index in [1.165, 1.54) is 180 Å². The highest BCUT2D eigenvalue weighted by Crippen LogP contribution is 2.16. The van der Waals surface area contributed by atoms with Crippen LogP contribution in [0.25, 0.3) is 0 Å². The van der Waals surface area contributed by atoms with Crippen LogP contribution in [0.5, 0.6) is 0 Å². The average Bonchev–Trinajstić information content (AvgIpc) is 3.17. The fourth-order valence-electron chi connectivity index (χ4n) is 7.32. The van der Waals surface area contributed by atoms with Crippen LogP contribution in [0, 0.1) is 0 Å². The number of carbonyl (C=O) groups excluding carboxylic acids is 2. The lowest BCUT2D eigenvalue weighted by Crippen LogP contribution is -2.45. The first kappa shape index (κ1) is 52.6. The summed E-state index contributed by atoms with van der Waals surface area (Å²) in [4.78, 5) is 24.3. The fourth-order valence-corrected chi connectivity index (χ4v) is 7.32. The number of rotatable bonds is 44. The van der Waals surface area contributed by atoms with Crippen LogP contribution in [0.1, 0.15) is 258 Å². The second-order valence-electron chi connectivity index (χ2n) is 16.4. The van der Waals surface area contributed by atoms with Gasteiger partial charge >= 0.3 is 5.97 Å². The Labute approximate surface area is 336 Å². The van der Waals surface area contributed by atoms with E-state index < -0.39 is 12.1 Å². The second-order valence-corrected chi connectivity index (χ2v) is 16.4. The van der Waals surface area contributed by atoms with Gasteiger partial charge in [0.15, 0.2) is 0 Å². The maximum Gasteiger partial charge on any atom is 0.305 e. The van der Waals surface area contributed by atoms with Gasteiger partial charge in [-0.3, -0.25) is 9.59 Å². The molecule has 0 bridgehead atoms. The van der Waals surface area contributed by atoms with Crippen molar-refractivity contribution in [2.75, 3.05) is 13.2 Å². The number of nitrogens with one attached hydrogen (secondary N) is 1. The Balaban J connectivity index is 3.41. The number of allylic oxidation sites excluding steroid dienone is 2. The van der Waals surface area contributed by atoms with Gasteiger partial charge in [0.2, 0.25) is 5.91 Å². The summed E-state index contributed by atoms with van der Waals surface area (Å²) < 4.78 is 5.44. The second kappa shape index (κ2) is 44.3. The molecule has 0 aromatic rings. The predicted molar refractivity (Wildman–Crippen MR) is 232 cm³/mol. The molecule has 0 fully saturated rings. The molecule has 1 amide bonds. The molecule has 0 aliphatic carbocycles. The number of hydrogen-bond donors (Lipinski definition) is 3. The molecule has 6 heteroatoms. The van der Waals surface area contributed by atoms with E-state index in [2.05, 4.69) is 31.3 Å². The first-order chi connectivity index (χ1) is 26.5. The molecule has 0 rings (SSSR count). The number of aliphatic hydroxyl groups excluding tert-OH is 2. The third kappa shape index (κ3) is 40.3. The van der Waals surface area contributed by atoms with Gasteiger partial charge in [-0.05, 0) is 44.9 Å². The van der Waals surface area contributed by atoms with Crippen molar-refractivity contribution in [2.45, 2.75) is 270 Å². The zero-order valence-electron chi connectivity index (χ0n) is 36.2. The summed E-state index contributed by atoms with van der Waals surface area (Å²) in [5, 5.41) is 23.1. The number of carbonyl (C=O) groups is 2. The standard InChI is InChI=1S/C48H93NO5/c1-3-5-7-9-11-13-21-26-30-34-38-42-48(53)54-43-39-35-31-27-23-20-18-16-15-17-19-22-25-29-33-37-41-47(52)49-45(44-50)46(51)40-36-32-28-24-14-12-10-8-6-4-2/h9,11,45-46,50-51H,3-8,10,12-44H2,1-2H3,(H,49,52)/b11-9-. The van der Waals surface area contributed by atoms with Gasteiger partial charge in [-0.25, -0.2) is 0 Å². The molecule has 54 heavy (non-hydrogen) atoms. The van der Waals surface area contributed by atoms with Crippen molar-refractivity contribution in [3.8, 4) is 0 Å². The van der Waals surface area contributed by atoms with Crippen molar-refractivity contribution in [1.29, 1.82) is 0 Å². The first-order valence-corrected chi connectivity index (χ1v) is 23.9. The quantitative estimate of drug-likeness (QED) is 0.0326. The van der Waals surface area contributed by atoms with Gasteiger partial charge in [0.25, 0.3) is 0 Å². The summed E-state index contributed by atoms with van der Waals surface area (Å²) in [6.07, 6.45) is 48.9. The van der Waals surface area contributed by atoms with Crippen LogP contribution in [0.2, 0.25) is 0 Å². The Kier molecular flexibility index (Phi) is 43.2. The fraction of sp³-hybridized carbons (Fsp3) is 0.917. The Morgan fingerprint density at radius 1 is 0.500 bits per heavy atom. The predicted octanol–water partition coefficient (Wildman–Crippen LogP) is 13.8. The van der Waals surface area contributed by atoms with Gasteiger partial charge in [0.05, 0.1) is 25.4 Å². The maximum atomic E-state index is 12.4. The van der Waals surface area contributed by atoms with E-state index in [9.17, 15) is 19.8 Å². The molecule has 2 atom stereocenters. The van der Waals surface area contributed by atoms with Crippen molar-refractivity contribution in [3.05, 3.63) is 12.2 Å². The van der Waals surface area contributed by atoms with Crippen molar-refractivity contribution in [3.63, 3.8) is 0 Å². The number of hydrogen-bond acceptors (Lipinski definition) is 5. The van der Waals surface area contributed by atoms with Crippen LogP contribution in [0.15, 0.2) is 12.2 Å². The summed E-state index contributed by atoms with van der Waals surface area (Å²) in [6.45, 7) is 4.88. The lowest BCUT2D eigenvalue weighted by molar-refractivity contribution is -0.143. The third-order valence-corrected chi connectivity index (χ3v) is 11.1. The average molecular weight is 764 g/mol. The molecular weight excluding hydrogens is 671 g/mol. The molecular formula is C48H93NO5. The smallest absolute Gasteiger partial charge is 0.305 e. The van der Waals surface area contributed by atoms with Crippen LogP contribution in [0.4, 0.5) is 0 Å². The van der Waals surface area contributed by atoms with Gasteiger partial charge in [-0.1, -0.05) is 212 Å². The molecule has 0 aromatic carbocycles. The van der Waals surface area contributed by atoms with E-state index in [0.717, 1.165) is 44.9 Å². The molecule has 0 saturated heterocycles. The van der Waals surface area contributed by atoms with Crippen LogP contribution in [0.3, 0.4) is 0 Å². The highest BCUT2D eigenvalue weighted by Gasteiger charge is 2.20. The van der Waals surface area contributed by atoms with E-state index in [-0.39, 0.29) is 18.5 Å². The van der Waals surface area contributed by atoms with Crippen molar-refractivity contribution in [2.24, 2.45) is 0 Å². The van der Waals surface area contributed by atoms with E-state index in [4.69, 9.17) is 4.74 Å². The number of ether oxygens (including phenoxy) is 1. The third-order valence-electron chi connectivity index (χ3n) is 11.1. The van der Waals surface area contributed by atoms with Crippen LogP contribution in [-0.2, 0) is 14.3 Å². The lowest BCUT2D eigenvalue weighted by Gasteiger charge is -2.22. The maximum absolute atomic E-state index is 12.4. The Hall–Kier alpha value is -1.40. The molecule has 320 valence electrons. The van der Waals surface area contributed by atoms with Gasteiger partial charge in [-0.15, -0.1) is 0 Å². The minimum atomic E-state index is -0.666. The molecule has 0 spiro atoms. The number of amides is 1. The van der Waals surface area contributed by atoms with Crippen molar-refractivity contribution in [1.82, 2.24) is 5.32 Å². The summed E-state index contributed by atoms with van der Waals surface area (Å²) in [5.74, 6) is -0.0522. The Bertz CT molecular complexity index is 802. The van der Waals surface area contributed by atoms with Crippen LogP contribution >= 0.6 is 0 Å². The summed E-state index contributed by atoms with van der Waals surface area (Å²) in [6, 6.07) is -0.544. The molecule has 0 radical (unpaired) electrons. The molecule has 0 saturated carbocycles. The Morgan fingerprint density at radius 3 is 1.37 bits per heavy atom. The van der Waals surface area contributed by atoms with Crippen molar-refractivity contribution >= 4 is 11.9 Å². The summed E-state index contributed by atoms with van der Waals surface area (Å²) >= 11 is 0. The number of esters is 1. The zero-order valence-corrected chi connectivity index (χ0v) is 36.2. The zero-order chi connectivity index (χ0) is 39.4. The highest BCUT2D eigenvalue weighted by molar-refractivity contribution is 5.76. The van der Waals surface area contributed by atoms with E-state index in [1.54, 1.807) is 0 Å². The molecule has 2 unspecified atom stereocenters. The molecule has 0 heterocycles. The normalized spacial score (nSPS) is 12.7. The van der Waals surface area contributed by atoms with E-state index in [0.29, 0.717) is 25.9 Å². The van der Waals surface area contributed by atoms with Gasteiger partial charge in [0, 0.05) is 12.8 Å². The summed E-state index contributed by atoms with van der Waals surface area (Å²) in [5.41, 5.74) is 0. The number of aliphatic hydroxyl groups is 2. The molecule has 0 aromatic heterocycles. The summed E-state index contributed by atoms with van der Waals surface area (Å²) in [7, 11) is 0. The SMILES string of the molecule is CCCC/C=C\CCCCCCCC(=O)OCCCCCCCCCCCCCCCCCCC(=O)NC(CO)C(O)CCCCCCCCCCCC. The van der Waals surface area contributed by atoms with E-state index in [1.807, 2.05) is 0 Å². The largest absolute Gasteiger partial charge is 0.466 e. The minimum absolute atomic E-state index is 0.00829. The molecule has 0 aliphatic rings. The van der Waals surface area contributed by atoms with Crippen LogP contribution < -0.4 is 5.32 Å². The minimum Gasteiger partial charge on any atom is -0.466 e. The van der Waals surface area contributed by atoms with E-state index >= 15 is 0 Å². The topological polar surface area (TPSA) is 95.9 Å². The van der Waals surface area contributed by atoms with Gasteiger partial charge in [-0.2, -0.15) is 0 Å². The monoisotopic (exact) mass is 764 g/mol. The molecule has 0 aliphatic heterocycles. The lowest BCUT2D eigenvalue weighted by atomic mass is 10.0. The number of unbranched alkanes of at least 4 members (excludes halogenated alkanes) is 31. The Morgan fingerprint density at radius 2 is 0.889 bits per heavy atom. The molecule has 3 N–H and O–H groups in total. The van der Waals surface area contributed by atoms with Gasteiger partial charge < -0.3 is 20.3 Å². The molecule has 6 nitrogen and oxygen atoms in total. The van der Waals surface area contributed by atoms with Gasteiger partial charge in [0.1, 0.15) is 0 Å². The first-order valence-electron chi connectivity index (χ1n) is 23.9. The van der Waals surface area contributed by atoms with Crippen molar-refractivity contribution < 1.29 is 24.5 Å².